The highest BCUT2D eigenvalue weighted by atomic mass is 19.3. The van der Waals surface area contributed by atoms with Crippen LogP contribution in [0.4, 0.5) is 20.2 Å². The molecular weight excluding hydrogens is 358 g/mol. The molecule has 0 aromatic heterocycles. The molecule has 2 amide bonds. The summed E-state index contributed by atoms with van der Waals surface area (Å²) in [5.41, 5.74) is 0.842. The number of halogens is 2. The van der Waals surface area contributed by atoms with E-state index < -0.39 is 12.5 Å². The number of amides is 2. The lowest BCUT2D eigenvalue weighted by Gasteiger charge is -2.17. The molecule has 8 heteroatoms. The van der Waals surface area contributed by atoms with Gasteiger partial charge in [0.2, 0.25) is 5.91 Å². The van der Waals surface area contributed by atoms with Crippen LogP contribution >= 0.6 is 0 Å². The Labute approximate surface area is 154 Å². The van der Waals surface area contributed by atoms with Crippen LogP contribution in [0.25, 0.3) is 0 Å². The fourth-order valence-electron chi connectivity index (χ4n) is 2.77. The molecule has 1 aliphatic rings. The van der Waals surface area contributed by atoms with Gasteiger partial charge in [-0.05, 0) is 30.7 Å². The fraction of sp³-hybridized carbons (Fsp3) is 0.263. The Kier molecular flexibility index (Phi) is 5.85. The van der Waals surface area contributed by atoms with Crippen LogP contribution in [0.3, 0.4) is 0 Å². The molecule has 3 rings (SSSR count). The van der Waals surface area contributed by atoms with Gasteiger partial charge in [-0.3, -0.25) is 9.59 Å². The van der Waals surface area contributed by atoms with Gasteiger partial charge in [0, 0.05) is 24.7 Å². The summed E-state index contributed by atoms with van der Waals surface area (Å²) in [4.78, 5) is 25.6. The average molecular weight is 376 g/mol. The Morgan fingerprint density at radius 1 is 1.19 bits per heavy atom. The molecule has 1 N–H and O–H groups in total. The summed E-state index contributed by atoms with van der Waals surface area (Å²) < 4.78 is 34.6. The van der Waals surface area contributed by atoms with Crippen LogP contribution in [-0.4, -0.2) is 31.6 Å². The number of nitrogens with one attached hydrogen (secondary N) is 1. The van der Waals surface area contributed by atoms with Crippen molar-refractivity contribution in [2.45, 2.75) is 19.5 Å². The normalized spacial score (nSPS) is 13.7. The van der Waals surface area contributed by atoms with Gasteiger partial charge in [0.15, 0.2) is 6.61 Å². The van der Waals surface area contributed by atoms with Crippen LogP contribution in [-0.2, 0) is 9.59 Å². The van der Waals surface area contributed by atoms with E-state index in [1.807, 2.05) is 0 Å². The molecule has 1 aliphatic heterocycles. The van der Waals surface area contributed by atoms with Gasteiger partial charge in [0.05, 0.1) is 5.69 Å². The highest BCUT2D eigenvalue weighted by molar-refractivity contribution is 5.95. The number of carbonyl (C=O) groups excluding carboxylic acids is 2. The van der Waals surface area contributed by atoms with Gasteiger partial charge in [-0.15, -0.1) is 0 Å². The molecule has 1 heterocycles. The average Bonchev–Trinajstić information content (AvgIpc) is 3.07. The Balaban J connectivity index is 1.59. The number of hydrogen-bond donors (Lipinski definition) is 1. The Hall–Kier alpha value is -3.16. The predicted molar refractivity (Wildman–Crippen MR) is 95.2 cm³/mol. The van der Waals surface area contributed by atoms with Gasteiger partial charge in [-0.2, -0.15) is 8.78 Å². The first kappa shape index (κ1) is 18.6. The zero-order valence-electron chi connectivity index (χ0n) is 14.4. The smallest absolute Gasteiger partial charge is 0.387 e. The maximum absolute atomic E-state index is 12.4. The van der Waals surface area contributed by atoms with Crippen LogP contribution in [0.2, 0.25) is 0 Å². The van der Waals surface area contributed by atoms with Crippen molar-refractivity contribution in [3.05, 3.63) is 48.5 Å². The number of hydrogen-bond acceptors (Lipinski definition) is 4. The maximum atomic E-state index is 12.4. The van der Waals surface area contributed by atoms with Crippen molar-refractivity contribution in [3.63, 3.8) is 0 Å². The van der Waals surface area contributed by atoms with Crippen molar-refractivity contribution in [2.24, 2.45) is 0 Å². The summed E-state index contributed by atoms with van der Waals surface area (Å²) in [6, 6.07) is 12.8. The molecule has 1 saturated heterocycles. The van der Waals surface area contributed by atoms with Crippen molar-refractivity contribution in [1.82, 2.24) is 0 Å². The number of anilines is 2. The van der Waals surface area contributed by atoms with Crippen LogP contribution < -0.4 is 19.7 Å². The third kappa shape index (κ3) is 4.93. The third-order valence-corrected chi connectivity index (χ3v) is 3.95. The molecule has 0 radical (unpaired) electrons. The van der Waals surface area contributed by atoms with E-state index in [1.165, 1.54) is 18.2 Å². The Morgan fingerprint density at radius 3 is 2.74 bits per heavy atom. The highest BCUT2D eigenvalue weighted by Crippen LogP contribution is 2.27. The zero-order valence-corrected chi connectivity index (χ0v) is 14.4. The molecule has 2 aromatic rings. The van der Waals surface area contributed by atoms with Crippen molar-refractivity contribution < 1.29 is 27.8 Å². The van der Waals surface area contributed by atoms with E-state index in [-0.39, 0.29) is 24.0 Å². The standard InChI is InChI=1S/C19H18F2N2O4/c20-19(21)27-16-8-2-1-7-15(16)22-17(24)12-26-14-6-3-5-13(11-14)23-10-4-9-18(23)25/h1-3,5-8,11,19H,4,9-10,12H2,(H,22,24). The molecule has 6 nitrogen and oxygen atoms in total. The van der Waals surface area contributed by atoms with E-state index in [0.29, 0.717) is 24.4 Å². The molecular formula is C19H18F2N2O4. The number of benzene rings is 2. The summed E-state index contributed by atoms with van der Waals surface area (Å²) in [7, 11) is 0. The largest absolute Gasteiger partial charge is 0.484 e. The van der Waals surface area contributed by atoms with E-state index in [1.54, 1.807) is 35.2 Å². The Morgan fingerprint density at radius 2 is 2.00 bits per heavy atom. The number of para-hydroxylation sites is 2. The monoisotopic (exact) mass is 376 g/mol. The summed E-state index contributed by atoms with van der Waals surface area (Å²) in [5.74, 6) is -0.168. The topological polar surface area (TPSA) is 67.9 Å². The van der Waals surface area contributed by atoms with Crippen LogP contribution in [0.1, 0.15) is 12.8 Å². The summed E-state index contributed by atoms with van der Waals surface area (Å²) in [6.45, 7) is -2.65. The molecule has 0 aliphatic carbocycles. The molecule has 0 saturated carbocycles. The van der Waals surface area contributed by atoms with Gasteiger partial charge in [-0.25, -0.2) is 0 Å². The van der Waals surface area contributed by atoms with E-state index in [9.17, 15) is 18.4 Å². The van der Waals surface area contributed by atoms with Crippen LogP contribution in [0, 0.1) is 0 Å². The number of alkyl halides is 2. The van der Waals surface area contributed by atoms with Crippen molar-refractivity contribution in [1.29, 1.82) is 0 Å². The van der Waals surface area contributed by atoms with E-state index in [2.05, 4.69) is 10.1 Å². The molecule has 27 heavy (non-hydrogen) atoms. The lowest BCUT2D eigenvalue weighted by atomic mass is 10.2. The van der Waals surface area contributed by atoms with Crippen molar-refractivity contribution in [2.75, 3.05) is 23.4 Å². The number of nitrogens with zero attached hydrogens (tertiary/aromatic N) is 1. The SMILES string of the molecule is O=C(COc1cccc(N2CCCC2=O)c1)Nc1ccccc1OC(F)F. The minimum absolute atomic E-state index is 0.0560. The van der Waals surface area contributed by atoms with Gasteiger partial charge < -0.3 is 19.7 Å². The van der Waals surface area contributed by atoms with Crippen LogP contribution in [0.5, 0.6) is 11.5 Å². The van der Waals surface area contributed by atoms with Crippen LogP contribution in [0.15, 0.2) is 48.5 Å². The first-order valence-electron chi connectivity index (χ1n) is 8.40. The van der Waals surface area contributed by atoms with E-state index in [4.69, 9.17) is 4.74 Å². The van der Waals surface area contributed by atoms with Gasteiger partial charge in [0.1, 0.15) is 11.5 Å². The zero-order chi connectivity index (χ0) is 19.2. The quantitative estimate of drug-likeness (QED) is 0.804. The molecule has 1 fully saturated rings. The summed E-state index contributed by atoms with van der Waals surface area (Å²) >= 11 is 0. The van der Waals surface area contributed by atoms with Gasteiger partial charge >= 0.3 is 6.61 Å². The lowest BCUT2D eigenvalue weighted by Crippen LogP contribution is -2.24. The predicted octanol–water partition coefficient (Wildman–Crippen LogP) is 3.43. The summed E-state index contributed by atoms with van der Waals surface area (Å²) in [6.07, 6.45) is 1.33. The number of rotatable bonds is 7. The van der Waals surface area contributed by atoms with E-state index >= 15 is 0 Å². The fourth-order valence-corrected chi connectivity index (χ4v) is 2.77. The minimum Gasteiger partial charge on any atom is -0.484 e. The molecule has 142 valence electrons. The number of ether oxygens (including phenoxy) is 2. The highest BCUT2D eigenvalue weighted by Gasteiger charge is 2.22. The van der Waals surface area contributed by atoms with Gasteiger partial charge in [-0.1, -0.05) is 18.2 Å². The molecule has 0 bridgehead atoms. The first-order valence-corrected chi connectivity index (χ1v) is 8.40. The van der Waals surface area contributed by atoms with Crippen molar-refractivity contribution >= 4 is 23.2 Å². The Bertz CT molecular complexity index is 829. The third-order valence-electron chi connectivity index (χ3n) is 3.95. The molecule has 2 aromatic carbocycles. The molecule has 0 spiro atoms. The lowest BCUT2D eigenvalue weighted by molar-refractivity contribution is -0.118. The second kappa shape index (κ2) is 8.48. The van der Waals surface area contributed by atoms with Crippen molar-refractivity contribution in [3.8, 4) is 11.5 Å². The molecule has 0 unspecified atom stereocenters. The maximum Gasteiger partial charge on any atom is 0.387 e. The molecule has 0 atom stereocenters. The minimum atomic E-state index is -2.99. The second-order valence-corrected chi connectivity index (χ2v) is 5.86. The summed E-state index contributed by atoms with van der Waals surface area (Å²) in [5, 5.41) is 2.48. The number of carbonyl (C=O) groups is 2. The van der Waals surface area contributed by atoms with E-state index in [0.717, 1.165) is 6.42 Å². The first-order chi connectivity index (χ1) is 13.0. The second-order valence-electron chi connectivity index (χ2n) is 5.86. The van der Waals surface area contributed by atoms with Gasteiger partial charge in [0.25, 0.3) is 5.91 Å².